The lowest BCUT2D eigenvalue weighted by Crippen LogP contribution is -2.41. The lowest BCUT2D eigenvalue weighted by Gasteiger charge is -2.17. The summed E-state index contributed by atoms with van der Waals surface area (Å²) in [4.78, 5) is 20.4. The molecule has 0 saturated carbocycles. The van der Waals surface area contributed by atoms with Gasteiger partial charge in [0.15, 0.2) is 0 Å². The topological polar surface area (TPSA) is 78.9 Å². The summed E-state index contributed by atoms with van der Waals surface area (Å²) >= 11 is 0. The number of nitrogens with one attached hydrogen (secondary N) is 3. The van der Waals surface area contributed by atoms with Crippen molar-refractivity contribution in [2.24, 2.45) is 0 Å². The van der Waals surface area contributed by atoms with E-state index in [-0.39, 0.29) is 18.0 Å². The second-order valence-corrected chi connectivity index (χ2v) is 4.75. The Morgan fingerprint density at radius 1 is 1.26 bits per heavy atom. The maximum atomic E-state index is 11.8. The van der Waals surface area contributed by atoms with Gasteiger partial charge in [-0.05, 0) is 34.6 Å². The molecule has 1 heterocycles. The van der Waals surface area contributed by atoms with Gasteiger partial charge in [-0.1, -0.05) is 0 Å². The summed E-state index contributed by atoms with van der Waals surface area (Å²) in [7, 11) is 0. The van der Waals surface area contributed by atoms with Crippen LogP contribution in [0.25, 0.3) is 0 Å². The molecule has 0 saturated heterocycles. The van der Waals surface area contributed by atoms with Gasteiger partial charge in [-0.3, -0.25) is 4.79 Å². The Hall–Kier alpha value is -1.85. The third kappa shape index (κ3) is 5.11. The summed E-state index contributed by atoms with van der Waals surface area (Å²) in [6.45, 7) is 10.3. The molecule has 1 aromatic heterocycles. The molecule has 0 aromatic carbocycles. The van der Waals surface area contributed by atoms with E-state index < -0.39 is 0 Å². The lowest BCUT2D eigenvalue weighted by atomic mass is 10.3. The average molecular weight is 265 g/mol. The van der Waals surface area contributed by atoms with Crippen LogP contribution in [0.3, 0.4) is 0 Å². The summed E-state index contributed by atoms with van der Waals surface area (Å²) in [5, 5.41) is 9.07. The predicted molar refractivity (Wildman–Crippen MR) is 77.3 cm³/mol. The number of amides is 1. The van der Waals surface area contributed by atoms with E-state index >= 15 is 0 Å². The van der Waals surface area contributed by atoms with E-state index in [1.807, 2.05) is 34.6 Å². The normalized spacial score (nSPS) is 12.1. The van der Waals surface area contributed by atoms with Crippen molar-refractivity contribution in [2.75, 3.05) is 17.2 Å². The Kier molecular flexibility index (Phi) is 5.54. The fourth-order valence-corrected chi connectivity index (χ4v) is 1.61. The van der Waals surface area contributed by atoms with Crippen LogP contribution in [0.1, 0.15) is 33.5 Å². The lowest BCUT2D eigenvalue weighted by molar-refractivity contribution is -0.122. The van der Waals surface area contributed by atoms with E-state index in [9.17, 15) is 4.79 Å². The van der Waals surface area contributed by atoms with Crippen LogP contribution in [0.15, 0.2) is 6.07 Å². The van der Waals surface area contributed by atoms with Crippen LogP contribution in [-0.2, 0) is 4.79 Å². The zero-order valence-corrected chi connectivity index (χ0v) is 12.2. The van der Waals surface area contributed by atoms with Crippen molar-refractivity contribution in [3.05, 3.63) is 11.9 Å². The Labute approximate surface area is 114 Å². The molecule has 0 radical (unpaired) electrons. The van der Waals surface area contributed by atoms with Gasteiger partial charge in [0.2, 0.25) is 5.91 Å². The van der Waals surface area contributed by atoms with Gasteiger partial charge in [-0.2, -0.15) is 0 Å². The standard InChI is InChI=1S/C13H23N5O/c1-6-14-11-7-12(18-10(5)17-11)16-9(4)13(19)15-8(2)3/h7-9H,6H2,1-5H3,(H,15,19)(H2,14,16,17,18). The number of hydrogen-bond donors (Lipinski definition) is 3. The number of carbonyl (C=O) groups is 1. The molecule has 0 bridgehead atoms. The van der Waals surface area contributed by atoms with Crippen molar-refractivity contribution in [1.82, 2.24) is 15.3 Å². The number of anilines is 2. The minimum Gasteiger partial charge on any atom is -0.370 e. The monoisotopic (exact) mass is 265 g/mol. The predicted octanol–water partition coefficient (Wildman–Crippen LogP) is 1.54. The van der Waals surface area contributed by atoms with E-state index in [1.165, 1.54) is 0 Å². The van der Waals surface area contributed by atoms with Gasteiger partial charge in [-0.15, -0.1) is 0 Å². The van der Waals surface area contributed by atoms with Gasteiger partial charge in [0.1, 0.15) is 23.5 Å². The Balaban J connectivity index is 2.73. The van der Waals surface area contributed by atoms with Crippen LogP contribution in [0.2, 0.25) is 0 Å². The average Bonchev–Trinajstić information content (AvgIpc) is 2.27. The molecule has 106 valence electrons. The molecule has 0 aliphatic carbocycles. The second-order valence-electron chi connectivity index (χ2n) is 4.75. The molecular weight excluding hydrogens is 242 g/mol. The van der Waals surface area contributed by atoms with E-state index in [0.29, 0.717) is 11.6 Å². The van der Waals surface area contributed by atoms with Gasteiger partial charge >= 0.3 is 0 Å². The molecular formula is C13H23N5O. The second kappa shape index (κ2) is 6.92. The van der Waals surface area contributed by atoms with Crippen molar-refractivity contribution < 1.29 is 4.79 Å². The molecule has 19 heavy (non-hydrogen) atoms. The van der Waals surface area contributed by atoms with E-state index in [0.717, 1.165) is 12.4 Å². The third-order valence-corrected chi connectivity index (χ3v) is 2.38. The van der Waals surface area contributed by atoms with Gasteiger partial charge in [-0.25, -0.2) is 9.97 Å². The molecule has 0 aliphatic rings. The fraction of sp³-hybridized carbons (Fsp3) is 0.615. The molecule has 6 heteroatoms. The van der Waals surface area contributed by atoms with Crippen molar-refractivity contribution in [1.29, 1.82) is 0 Å². The molecule has 1 atom stereocenters. The van der Waals surface area contributed by atoms with E-state index in [4.69, 9.17) is 0 Å². The summed E-state index contributed by atoms with van der Waals surface area (Å²) in [6, 6.07) is 1.59. The highest BCUT2D eigenvalue weighted by molar-refractivity contribution is 5.84. The van der Waals surface area contributed by atoms with Crippen LogP contribution in [0.5, 0.6) is 0 Å². The molecule has 1 unspecified atom stereocenters. The minimum atomic E-state index is -0.342. The number of carbonyl (C=O) groups excluding carboxylic acids is 1. The van der Waals surface area contributed by atoms with E-state index in [2.05, 4.69) is 25.9 Å². The first kappa shape index (κ1) is 15.2. The maximum Gasteiger partial charge on any atom is 0.242 e. The van der Waals surface area contributed by atoms with Gasteiger partial charge in [0.25, 0.3) is 0 Å². The van der Waals surface area contributed by atoms with Crippen molar-refractivity contribution in [2.45, 2.75) is 46.7 Å². The number of aryl methyl sites for hydroxylation is 1. The molecule has 1 rings (SSSR count). The number of rotatable bonds is 6. The molecule has 1 aromatic rings. The summed E-state index contributed by atoms with van der Waals surface area (Å²) in [5.41, 5.74) is 0. The quantitative estimate of drug-likeness (QED) is 0.727. The zero-order valence-electron chi connectivity index (χ0n) is 12.2. The molecule has 1 amide bonds. The Morgan fingerprint density at radius 3 is 2.47 bits per heavy atom. The van der Waals surface area contributed by atoms with Crippen LogP contribution in [0, 0.1) is 6.92 Å². The largest absolute Gasteiger partial charge is 0.370 e. The first-order valence-corrected chi connectivity index (χ1v) is 6.58. The van der Waals surface area contributed by atoms with E-state index in [1.54, 1.807) is 6.07 Å². The zero-order chi connectivity index (χ0) is 14.4. The van der Waals surface area contributed by atoms with Crippen molar-refractivity contribution >= 4 is 17.5 Å². The van der Waals surface area contributed by atoms with Crippen LogP contribution in [-0.4, -0.2) is 34.5 Å². The number of nitrogens with zero attached hydrogens (tertiary/aromatic N) is 2. The summed E-state index contributed by atoms with van der Waals surface area (Å²) in [5.74, 6) is 2.03. The van der Waals surface area contributed by atoms with Crippen molar-refractivity contribution in [3.63, 3.8) is 0 Å². The first-order chi connectivity index (χ1) is 8.92. The van der Waals surface area contributed by atoms with Gasteiger partial charge < -0.3 is 16.0 Å². The van der Waals surface area contributed by atoms with Gasteiger partial charge in [0.05, 0.1) is 0 Å². The molecule has 0 spiro atoms. The fourth-order valence-electron chi connectivity index (χ4n) is 1.61. The minimum absolute atomic E-state index is 0.0451. The maximum absolute atomic E-state index is 11.8. The van der Waals surface area contributed by atoms with Crippen LogP contribution < -0.4 is 16.0 Å². The molecule has 0 aliphatic heterocycles. The van der Waals surface area contributed by atoms with Crippen LogP contribution in [0.4, 0.5) is 11.6 Å². The highest BCUT2D eigenvalue weighted by Gasteiger charge is 2.14. The number of aromatic nitrogens is 2. The van der Waals surface area contributed by atoms with Crippen LogP contribution >= 0.6 is 0 Å². The SMILES string of the molecule is CCNc1cc(NC(C)C(=O)NC(C)C)nc(C)n1. The molecule has 3 N–H and O–H groups in total. The smallest absolute Gasteiger partial charge is 0.242 e. The Morgan fingerprint density at radius 2 is 1.89 bits per heavy atom. The number of hydrogen-bond acceptors (Lipinski definition) is 5. The highest BCUT2D eigenvalue weighted by atomic mass is 16.2. The van der Waals surface area contributed by atoms with Crippen molar-refractivity contribution in [3.8, 4) is 0 Å². The first-order valence-electron chi connectivity index (χ1n) is 6.58. The molecule has 0 fully saturated rings. The summed E-state index contributed by atoms with van der Waals surface area (Å²) < 4.78 is 0. The Bertz CT molecular complexity index is 433. The molecule has 6 nitrogen and oxygen atoms in total. The highest BCUT2D eigenvalue weighted by Crippen LogP contribution is 2.11. The third-order valence-electron chi connectivity index (χ3n) is 2.38. The summed E-state index contributed by atoms with van der Waals surface area (Å²) in [6.07, 6.45) is 0. The van der Waals surface area contributed by atoms with Gasteiger partial charge in [0, 0.05) is 18.7 Å².